The second-order valence-corrected chi connectivity index (χ2v) is 35.2. The Kier molecular flexibility index (Phi) is 25.9. The average molecular weight is 1530 g/mol. The van der Waals surface area contributed by atoms with Gasteiger partial charge < -0.3 is 0 Å². The molecule has 0 radical (unpaired) electrons. The van der Waals surface area contributed by atoms with Crippen LogP contribution in [0.4, 0.5) is 0 Å². The Morgan fingerprint density at radius 1 is 0.154 bits per heavy atom. The summed E-state index contributed by atoms with van der Waals surface area (Å²) in [7, 11) is 0. The van der Waals surface area contributed by atoms with Crippen LogP contribution in [0.2, 0.25) is 0 Å². The highest BCUT2D eigenvalue weighted by Gasteiger charge is 2.58. The van der Waals surface area contributed by atoms with Gasteiger partial charge in [-0.25, -0.2) is 0 Å². The van der Waals surface area contributed by atoms with Crippen LogP contribution < -0.4 is 0 Å². The van der Waals surface area contributed by atoms with Crippen LogP contribution in [0.5, 0.6) is 0 Å². The van der Waals surface area contributed by atoms with Crippen LogP contribution >= 0.6 is 0 Å². The van der Waals surface area contributed by atoms with Crippen LogP contribution in [0, 0.1) is 0 Å². The van der Waals surface area contributed by atoms with Crippen LogP contribution in [0.25, 0.3) is 134 Å². The second-order valence-electron chi connectivity index (χ2n) is 35.2. The summed E-state index contributed by atoms with van der Waals surface area (Å²) in [6.07, 6.45) is 36.6. The summed E-state index contributed by atoms with van der Waals surface area (Å²) in [5.74, 6) is 0. The molecule has 0 saturated heterocycles. The van der Waals surface area contributed by atoms with Gasteiger partial charge in [-0.2, -0.15) is 0 Å². The molecule has 0 spiro atoms. The molecular formula is C117H126. The molecular weight excluding hydrogens is 1410 g/mol. The quantitative estimate of drug-likeness (QED) is 0.0337. The zero-order valence-electron chi connectivity index (χ0n) is 71.4. The first kappa shape index (κ1) is 80.6. The van der Waals surface area contributed by atoms with Crippen molar-refractivity contribution < 1.29 is 0 Å². The van der Waals surface area contributed by atoms with Crippen molar-refractivity contribution in [1.82, 2.24) is 0 Å². The van der Waals surface area contributed by atoms with Gasteiger partial charge in [-0.15, -0.1) is 0 Å². The fourth-order valence-corrected chi connectivity index (χ4v) is 21.6. The van der Waals surface area contributed by atoms with E-state index in [4.69, 9.17) is 0 Å². The van der Waals surface area contributed by atoms with Crippen LogP contribution in [-0.2, 0) is 16.2 Å². The Balaban J connectivity index is 0.985. The maximum Gasteiger partial charge on any atom is 0.0221 e. The number of fused-ring (bicyclic) bond motifs is 12. The molecule has 0 bridgehead atoms. The highest BCUT2D eigenvalue weighted by molar-refractivity contribution is 6.08. The molecule has 0 unspecified atom stereocenters. The largest absolute Gasteiger partial charge is 0.0654 e. The molecule has 16 rings (SSSR count). The number of hydrogen-bond donors (Lipinski definition) is 0. The lowest BCUT2D eigenvalue weighted by Gasteiger charge is -2.40. The van der Waals surface area contributed by atoms with Crippen molar-refractivity contribution >= 4 is 0 Å². The molecule has 0 amide bonds. The summed E-state index contributed by atoms with van der Waals surface area (Å²) in [4.78, 5) is 0. The summed E-state index contributed by atoms with van der Waals surface area (Å²) in [6, 6.07) is 114. The minimum absolute atomic E-state index is 0.229. The molecule has 0 N–H and O–H groups in total. The molecule has 0 heteroatoms. The third-order valence-corrected chi connectivity index (χ3v) is 27.7. The van der Waals surface area contributed by atoms with Gasteiger partial charge in [0.2, 0.25) is 0 Å². The molecule has 0 nitrogen and oxygen atoms in total. The van der Waals surface area contributed by atoms with Gasteiger partial charge in [-0.05, 0) is 218 Å². The topological polar surface area (TPSA) is 0 Å². The first-order valence-corrected chi connectivity index (χ1v) is 46.2. The molecule has 0 fully saturated rings. The van der Waals surface area contributed by atoms with E-state index >= 15 is 0 Å². The molecule has 117 heavy (non-hydrogen) atoms. The van der Waals surface area contributed by atoms with Gasteiger partial charge >= 0.3 is 0 Å². The third-order valence-electron chi connectivity index (χ3n) is 27.7. The highest BCUT2D eigenvalue weighted by Crippen LogP contribution is 2.73. The van der Waals surface area contributed by atoms with Gasteiger partial charge in [0.25, 0.3) is 0 Å². The molecule has 0 saturated carbocycles. The zero-order valence-corrected chi connectivity index (χ0v) is 71.4. The predicted molar refractivity (Wildman–Crippen MR) is 507 cm³/mol. The minimum Gasteiger partial charge on any atom is -0.0654 e. The Morgan fingerprint density at radius 3 is 0.744 bits per heavy atom. The summed E-state index contributed by atoms with van der Waals surface area (Å²) >= 11 is 0. The standard InChI is InChI=1S/C117H126/c1-7-13-19-34-77-115(78-35-20-14-8-2)105-76-74-100(97-65-61-94(62-66-97)91-55-49-88(50-56-91)85-41-28-25-29-42-85)83-104(105)110-112-109(103-75-73-101(84-107(103)117(112,81-38-23-17-11-5)82-39-24-18-12-6)98-67-63-95(64-68-98)92-57-51-89(52-58-92)86-43-30-26-31-44-86)113-111(114(110)115)108-102(47-40-48-106(108)116(113,79-36-21-15-9-3)80-37-22-16-10-4)99-71-69-96(70-72-99)93-59-53-90(54-60-93)87-45-32-27-33-46-87/h25-33,40-76,83-84H,7-24,34-39,77-82H2,1-6H3. The lowest BCUT2D eigenvalue weighted by atomic mass is 9.63. The van der Waals surface area contributed by atoms with E-state index in [0.29, 0.717) is 0 Å². The summed E-state index contributed by atoms with van der Waals surface area (Å²) in [6.45, 7) is 14.5. The van der Waals surface area contributed by atoms with Crippen molar-refractivity contribution in [3.8, 4) is 134 Å². The molecule has 13 aromatic carbocycles. The predicted octanol–water partition coefficient (Wildman–Crippen LogP) is 35.3. The van der Waals surface area contributed by atoms with E-state index in [0.717, 1.165) is 38.5 Å². The summed E-state index contributed by atoms with van der Waals surface area (Å²) in [5, 5.41) is 0. The van der Waals surface area contributed by atoms with E-state index in [1.807, 2.05) is 0 Å². The monoisotopic (exact) mass is 1530 g/mol. The molecule has 0 atom stereocenters. The fraction of sp³-hybridized carbons (Fsp3) is 0.333. The fourth-order valence-electron chi connectivity index (χ4n) is 21.6. The van der Waals surface area contributed by atoms with E-state index in [1.165, 1.54) is 265 Å². The van der Waals surface area contributed by atoms with Crippen molar-refractivity contribution in [2.45, 2.75) is 250 Å². The van der Waals surface area contributed by atoms with Crippen LogP contribution in [-0.4, -0.2) is 0 Å². The average Bonchev–Trinajstić information content (AvgIpc) is 1.48. The SMILES string of the molecule is CCCCCCC1(CCCCCC)c2cc(-c3ccc(-c4ccc(-c5ccccc5)cc4)cc3)ccc2-c2c1c1c(c3c2C(CCCCCC)(CCCCCC)c2cccc(-c4ccc(-c5ccc(-c6ccccc6)cc5)cc4)c2-3)C(CCCCCC)(CCCCCC)c2ccc(-c3ccc(-c4ccc(-c5ccccc5)cc4)cc3)cc2-1. The van der Waals surface area contributed by atoms with Crippen molar-refractivity contribution in [3.63, 3.8) is 0 Å². The molecule has 0 aromatic heterocycles. The number of hydrogen-bond acceptors (Lipinski definition) is 0. The van der Waals surface area contributed by atoms with Gasteiger partial charge in [0.05, 0.1) is 0 Å². The number of unbranched alkanes of at least 4 members (excludes halogenated alkanes) is 18. The minimum atomic E-state index is -0.254. The molecule has 3 aliphatic carbocycles. The maximum absolute atomic E-state index is 2.82. The Morgan fingerprint density at radius 2 is 0.410 bits per heavy atom. The van der Waals surface area contributed by atoms with Crippen LogP contribution in [0.1, 0.15) is 268 Å². The van der Waals surface area contributed by atoms with E-state index in [2.05, 4.69) is 333 Å². The van der Waals surface area contributed by atoms with E-state index < -0.39 is 0 Å². The molecule has 594 valence electrons. The van der Waals surface area contributed by atoms with E-state index in [-0.39, 0.29) is 16.2 Å². The van der Waals surface area contributed by atoms with Crippen LogP contribution in [0.3, 0.4) is 0 Å². The number of rotatable bonds is 39. The molecule has 3 aliphatic rings. The van der Waals surface area contributed by atoms with Gasteiger partial charge in [0, 0.05) is 16.2 Å². The highest BCUT2D eigenvalue weighted by atomic mass is 14.6. The maximum atomic E-state index is 2.82. The Hall–Kier alpha value is -10.1. The molecule has 0 heterocycles. The van der Waals surface area contributed by atoms with Gasteiger partial charge in [-0.1, -0.05) is 475 Å². The summed E-state index contributed by atoms with van der Waals surface area (Å²) < 4.78 is 0. The van der Waals surface area contributed by atoms with Gasteiger partial charge in [0.1, 0.15) is 0 Å². The van der Waals surface area contributed by atoms with Crippen molar-refractivity contribution in [1.29, 1.82) is 0 Å². The molecule has 13 aromatic rings. The lowest BCUT2D eigenvalue weighted by molar-refractivity contribution is 0.389. The second kappa shape index (κ2) is 37.6. The van der Waals surface area contributed by atoms with Gasteiger partial charge in [0.15, 0.2) is 0 Å². The lowest BCUT2D eigenvalue weighted by Crippen LogP contribution is -2.31. The number of benzene rings is 13. The van der Waals surface area contributed by atoms with E-state index in [1.54, 1.807) is 55.6 Å². The van der Waals surface area contributed by atoms with Crippen LogP contribution in [0.15, 0.2) is 291 Å². The van der Waals surface area contributed by atoms with E-state index in [9.17, 15) is 0 Å². The van der Waals surface area contributed by atoms with Crippen molar-refractivity contribution in [2.75, 3.05) is 0 Å². The molecule has 0 aliphatic heterocycles. The Bertz CT molecular complexity index is 5370. The zero-order chi connectivity index (χ0) is 80.0. The Labute approximate surface area is 703 Å². The van der Waals surface area contributed by atoms with Crippen molar-refractivity contribution in [3.05, 3.63) is 325 Å². The first-order valence-electron chi connectivity index (χ1n) is 46.2. The first-order chi connectivity index (χ1) is 57.8. The van der Waals surface area contributed by atoms with Crippen molar-refractivity contribution in [2.24, 2.45) is 0 Å². The third kappa shape index (κ3) is 16.4. The smallest absolute Gasteiger partial charge is 0.0221 e. The normalized spacial score (nSPS) is 13.6. The summed E-state index contributed by atoms with van der Waals surface area (Å²) in [5.41, 5.74) is 41.9. The van der Waals surface area contributed by atoms with Gasteiger partial charge in [-0.3, -0.25) is 0 Å².